The van der Waals surface area contributed by atoms with E-state index in [9.17, 15) is 0 Å². The van der Waals surface area contributed by atoms with E-state index in [0.717, 1.165) is 5.56 Å². The van der Waals surface area contributed by atoms with Crippen LogP contribution in [0.3, 0.4) is 0 Å². The molecule has 3 aromatic rings. The topological polar surface area (TPSA) is 97.2 Å². The Hall–Kier alpha value is -2.41. The van der Waals surface area contributed by atoms with E-state index in [2.05, 4.69) is 20.5 Å². The van der Waals surface area contributed by atoms with Gasteiger partial charge in [0.1, 0.15) is 5.52 Å². The molecule has 7 nitrogen and oxygen atoms in total. The second kappa shape index (κ2) is 3.87. The monoisotopic (exact) mass is 232 g/mol. The molecule has 3 rings (SSSR count). The Morgan fingerprint density at radius 1 is 1.29 bits per heavy atom. The van der Waals surface area contributed by atoms with Gasteiger partial charge in [0.25, 0.3) is 0 Å². The van der Waals surface area contributed by atoms with Crippen LogP contribution in [-0.4, -0.2) is 20.3 Å². The Bertz CT molecular complexity index is 632. The van der Waals surface area contributed by atoms with Gasteiger partial charge in [-0.15, -0.1) is 5.10 Å². The minimum atomic E-state index is -0.0386. The first kappa shape index (κ1) is 9.79. The highest BCUT2D eigenvalue weighted by Crippen LogP contribution is 2.22. The number of hydrogen-bond acceptors (Lipinski definition) is 7. The van der Waals surface area contributed by atoms with E-state index < -0.39 is 0 Å². The van der Waals surface area contributed by atoms with E-state index in [0.29, 0.717) is 11.1 Å². The molecule has 0 spiro atoms. The van der Waals surface area contributed by atoms with E-state index in [1.807, 2.05) is 0 Å². The Morgan fingerprint density at radius 3 is 3.00 bits per heavy atom. The molecule has 2 heterocycles. The molecule has 0 amide bonds. The Kier molecular flexibility index (Phi) is 2.23. The number of nitrogens with zero attached hydrogens (tertiary/aromatic N) is 3. The summed E-state index contributed by atoms with van der Waals surface area (Å²) in [7, 11) is 0. The second-order valence-corrected chi connectivity index (χ2v) is 3.35. The maximum atomic E-state index is 9.00. The molecular weight excluding hydrogens is 224 g/mol. The van der Waals surface area contributed by atoms with Gasteiger partial charge >= 0.3 is 12.0 Å². The quantitative estimate of drug-likeness (QED) is 0.705. The maximum absolute atomic E-state index is 9.00. The van der Waals surface area contributed by atoms with Gasteiger partial charge in [0.15, 0.2) is 5.58 Å². The Morgan fingerprint density at radius 2 is 2.24 bits per heavy atom. The van der Waals surface area contributed by atoms with Gasteiger partial charge in [-0.3, -0.25) is 5.32 Å². The molecule has 0 aliphatic rings. The lowest BCUT2D eigenvalue weighted by Gasteiger charge is -1.92. The summed E-state index contributed by atoms with van der Waals surface area (Å²) in [6.07, 6.45) is 1.20. The van der Waals surface area contributed by atoms with Gasteiger partial charge < -0.3 is 13.9 Å². The van der Waals surface area contributed by atoms with E-state index in [1.165, 1.54) is 6.39 Å². The molecule has 1 aromatic carbocycles. The molecule has 7 heteroatoms. The number of oxazole rings is 1. The zero-order valence-corrected chi connectivity index (χ0v) is 8.62. The summed E-state index contributed by atoms with van der Waals surface area (Å²) in [4.78, 5) is 4.18. The molecular formula is C10H8N4O3. The third-order valence-electron chi connectivity index (χ3n) is 2.21. The third kappa shape index (κ3) is 1.83. The van der Waals surface area contributed by atoms with Gasteiger partial charge in [-0.1, -0.05) is 11.2 Å². The van der Waals surface area contributed by atoms with Crippen LogP contribution >= 0.6 is 0 Å². The summed E-state index contributed by atoms with van der Waals surface area (Å²) in [5, 5.41) is 18.9. The molecule has 0 saturated heterocycles. The maximum Gasteiger partial charge on any atom is 0.323 e. The number of rotatable bonds is 3. The molecule has 0 fully saturated rings. The Balaban J connectivity index is 1.96. The normalized spacial score (nSPS) is 10.9. The molecule has 0 unspecified atom stereocenters. The number of hydrogen-bond donors (Lipinski definition) is 2. The molecule has 0 atom stereocenters. The van der Waals surface area contributed by atoms with Crippen LogP contribution in [0, 0.1) is 0 Å². The fourth-order valence-corrected chi connectivity index (χ4v) is 1.44. The van der Waals surface area contributed by atoms with Crippen LogP contribution in [0.5, 0.6) is 0 Å². The summed E-state index contributed by atoms with van der Waals surface area (Å²) < 4.78 is 10.3. The van der Waals surface area contributed by atoms with Gasteiger partial charge in [-0.2, -0.15) is 4.98 Å². The summed E-state index contributed by atoms with van der Waals surface area (Å²) in [6, 6.07) is 5.74. The zero-order valence-electron chi connectivity index (χ0n) is 8.62. The molecule has 0 bridgehead atoms. The zero-order chi connectivity index (χ0) is 11.7. The first-order valence-corrected chi connectivity index (χ1v) is 4.88. The van der Waals surface area contributed by atoms with Crippen LogP contribution in [0.2, 0.25) is 0 Å². The lowest BCUT2D eigenvalue weighted by Crippen LogP contribution is -1.89. The molecule has 0 radical (unpaired) electrons. The average molecular weight is 232 g/mol. The molecule has 17 heavy (non-hydrogen) atoms. The molecule has 0 aliphatic heterocycles. The number of aliphatic hydroxyl groups excluding tert-OH is 1. The lowest BCUT2D eigenvalue weighted by molar-refractivity contribution is 0.282. The fraction of sp³-hybridized carbons (Fsp3) is 0.100. The summed E-state index contributed by atoms with van der Waals surface area (Å²) in [5.74, 6) is 0. The smallest absolute Gasteiger partial charge is 0.323 e. The Labute approximate surface area is 95.1 Å². The first-order chi connectivity index (χ1) is 8.35. The highest BCUT2D eigenvalue weighted by atomic mass is 16.4. The minimum Gasteiger partial charge on any atom is -0.423 e. The number of nitrogens with one attached hydrogen (secondary N) is 1. The van der Waals surface area contributed by atoms with Crippen molar-refractivity contribution in [2.45, 2.75) is 6.61 Å². The molecule has 0 saturated carbocycles. The van der Waals surface area contributed by atoms with Crippen molar-refractivity contribution in [3.8, 4) is 0 Å². The van der Waals surface area contributed by atoms with Crippen LogP contribution in [0.15, 0.2) is 33.4 Å². The molecule has 86 valence electrons. The van der Waals surface area contributed by atoms with E-state index in [-0.39, 0.29) is 18.6 Å². The minimum absolute atomic E-state index is 0.0386. The standard InChI is InChI=1S/C10H8N4O3/c15-4-6-1-2-7-8(3-6)17-9(12-7)13-10-14-11-5-16-10/h1-3,5,15H,4H2,(H,12,13,14). The summed E-state index contributed by atoms with van der Waals surface area (Å²) in [6.45, 7) is -0.0386. The fourth-order valence-electron chi connectivity index (χ4n) is 1.44. The molecule has 2 aromatic heterocycles. The van der Waals surface area contributed by atoms with Gasteiger partial charge in [0, 0.05) is 0 Å². The number of anilines is 2. The third-order valence-corrected chi connectivity index (χ3v) is 2.21. The predicted molar refractivity (Wildman–Crippen MR) is 57.5 cm³/mol. The lowest BCUT2D eigenvalue weighted by atomic mass is 10.2. The molecule has 2 N–H and O–H groups in total. The van der Waals surface area contributed by atoms with E-state index >= 15 is 0 Å². The van der Waals surface area contributed by atoms with Gasteiger partial charge in [-0.05, 0) is 17.7 Å². The molecule has 0 aliphatic carbocycles. The predicted octanol–water partition coefficient (Wildman–Crippen LogP) is 1.45. The van der Waals surface area contributed by atoms with Gasteiger partial charge in [-0.25, -0.2) is 0 Å². The largest absolute Gasteiger partial charge is 0.423 e. The number of benzene rings is 1. The van der Waals surface area contributed by atoms with Crippen LogP contribution in [0.4, 0.5) is 12.0 Å². The van der Waals surface area contributed by atoms with Crippen molar-refractivity contribution >= 4 is 23.1 Å². The van der Waals surface area contributed by atoms with Crippen LogP contribution in [-0.2, 0) is 6.61 Å². The second-order valence-electron chi connectivity index (χ2n) is 3.35. The van der Waals surface area contributed by atoms with Gasteiger partial charge in [0.2, 0.25) is 6.39 Å². The SMILES string of the molecule is OCc1ccc2nc(Nc3nnco3)oc2c1. The van der Waals surface area contributed by atoms with Crippen molar-refractivity contribution in [2.75, 3.05) is 5.32 Å². The van der Waals surface area contributed by atoms with Crippen molar-refractivity contribution in [1.29, 1.82) is 0 Å². The van der Waals surface area contributed by atoms with E-state index in [4.69, 9.17) is 13.9 Å². The van der Waals surface area contributed by atoms with Crippen molar-refractivity contribution in [1.82, 2.24) is 15.2 Å². The highest BCUT2D eigenvalue weighted by molar-refractivity contribution is 5.75. The van der Waals surface area contributed by atoms with E-state index in [1.54, 1.807) is 18.2 Å². The van der Waals surface area contributed by atoms with Crippen molar-refractivity contribution < 1.29 is 13.9 Å². The number of aromatic nitrogens is 3. The van der Waals surface area contributed by atoms with Crippen molar-refractivity contribution in [2.24, 2.45) is 0 Å². The van der Waals surface area contributed by atoms with Crippen molar-refractivity contribution in [3.63, 3.8) is 0 Å². The highest BCUT2D eigenvalue weighted by Gasteiger charge is 2.08. The average Bonchev–Trinajstić information content (AvgIpc) is 2.96. The summed E-state index contributed by atoms with van der Waals surface area (Å²) in [5.41, 5.74) is 2.03. The van der Waals surface area contributed by atoms with Crippen molar-refractivity contribution in [3.05, 3.63) is 30.2 Å². The van der Waals surface area contributed by atoms with Gasteiger partial charge in [0.05, 0.1) is 6.61 Å². The number of aliphatic hydroxyl groups is 1. The summed E-state index contributed by atoms with van der Waals surface area (Å²) >= 11 is 0. The van der Waals surface area contributed by atoms with Crippen LogP contribution in [0.25, 0.3) is 11.1 Å². The first-order valence-electron chi connectivity index (χ1n) is 4.88. The number of fused-ring (bicyclic) bond motifs is 1. The van der Waals surface area contributed by atoms with Crippen LogP contribution < -0.4 is 5.32 Å². The van der Waals surface area contributed by atoms with Crippen LogP contribution in [0.1, 0.15) is 5.56 Å².